The first-order chi connectivity index (χ1) is 7.86. The predicted molar refractivity (Wildman–Crippen MR) is 68.5 cm³/mol. The highest BCUT2D eigenvalue weighted by atomic mass is 35.5. The van der Waals surface area contributed by atoms with Gasteiger partial charge in [-0.2, -0.15) is 0 Å². The van der Waals surface area contributed by atoms with Crippen molar-refractivity contribution in [2.45, 2.75) is 12.8 Å². The summed E-state index contributed by atoms with van der Waals surface area (Å²) in [6, 6.07) is 10.5. The monoisotopic (exact) mass is 231 g/mol. The molecule has 16 heavy (non-hydrogen) atoms. The van der Waals surface area contributed by atoms with Crippen molar-refractivity contribution in [1.82, 2.24) is 0 Å². The van der Waals surface area contributed by atoms with Crippen LogP contribution in [0.1, 0.15) is 12.8 Å². The van der Waals surface area contributed by atoms with Gasteiger partial charge in [0.1, 0.15) is 0 Å². The second-order valence-corrected chi connectivity index (χ2v) is 4.76. The van der Waals surface area contributed by atoms with Crippen LogP contribution in [0.2, 0.25) is 0 Å². The van der Waals surface area contributed by atoms with Crippen molar-refractivity contribution in [1.29, 1.82) is 0 Å². The van der Waals surface area contributed by atoms with E-state index in [1.165, 1.54) is 24.2 Å². The van der Waals surface area contributed by atoms with Crippen LogP contribution >= 0.6 is 11.6 Å². The van der Waals surface area contributed by atoms with Gasteiger partial charge in [0.2, 0.25) is 0 Å². The van der Waals surface area contributed by atoms with Gasteiger partial charge in [0.05, 0.1) is 5.03 Å². The van der Waals surface area contributed by atoms with E-state index >= 15 is 0 Å². The van der Waals surface area contributed by atoms with Crippen molar-refractivity contribution in [3.05, 3.63) is 53.2 Å². The third-order valence-electron chi connectivity index (χ3n) is 3.12. The fourth-order valence-corrected chi connectivity index (χ4v) is 2.54. The van der Waals surface area contributed by atoms with Crippen molar-refractivity contribution in [2.24, 2.45) is 5.92 Å². The minimum atomic E-state index is 0.678. The van der Waals surface area contributed by atoms with Crippen molar-refractivity contribution in [3.8, 4) is 0 Å². The van der Waals surface area contributed by atoms with Gasteiger partial charge in [-0.25, -0.2) is 0 Å². The average molecular weight is 232 g/mol. The molecule has 1 fully saturated rings. The lowest BCUT2D eigenvalue weighted by molar-refractivity contribution is 0.863. The van der Waals surface area contributed by atoms with Gasteiger partial charge in [-0.3, -0.25) is 0 Å². The summed E-state index contributed by atoms with van der Waals surface area (Å²) in [5.74, 6) is 0.678. The molecular weight excluding hydrogens is 218 g/mol. The van der Waals surface area contributed by atoms with Crippen molar-refractivity contribution >= 4 is 17.3 Å². The predicted octanol–water partition coefficient (Wildman–Crippen LogP) is 3.92. The summed E-state index contributed by atoms with van der Waals surface area (Å²) in [4.78, 5) is 2.33. The molecule has 2 heteroatoms. The van der Waals surface area contributed by atoms with Crippen LogP contribution in [0, 0.1) is 5.92 Å². The molecule has 0 N–H and O–H groups in total. The number of benzene rings is 1. The molecule has 3 rings (SSSR count). The largest absolute Gasteiger partial charge is 0.340 e. The fraction of sp³-hybridized carbons (Fsp3) is 0.286. The Morgan fingerprint density at radius 3 is 2.56 bits per heavy atom. The molecule has 1 saturated carbocycles. The second kappa shape index (κ2) is 3.99. The lowest BCUT2D eigenvalue weighted by Crippen LogP contribution is -2.26. The Kier molecular flexibility index (Phi) is 2.49. The summed E-state index contributed by atoms with van der Waals surface area (Å²) in [7, 11) is 0. The smallest absolute Gasteiger partial charge is 0.0601 e. The molecule has 1 nitrogen and oxygen atoms in total. The summed E-state index contributed by atoms with van der Waals surface area (Å²) < 4.78 is 0. The van der Waals surface area contributed by atoms with Crippen LogP contribution in [0.5, 0.6) is 0 Å². The van der Waals surface area contributed by atoms with E-state index in [0.29, 0.717) is 5.92 Å². The number of para-hydroxylation sites is 1. The van der Waals surface area contributed by atoms with Crippen LogP contribution in [0.15, 0.2) is 53.2 Å². The van der Waals surface area contributed by atoms with Crippen LogP contribution in [-0.2, 0) is 0 Å². The first kappa shape index (κ1) is 9.98. The van der Waals surface area contributed by atoms with E-state index in [4.69, 9.17) is 11.6 Å². The maximum Gasteiger partial charge on any atom is 0.0601 e. The first-order valence-corrected chi connectivity index (χ1v) is 6.13. The van der Waals surface area contributed by atoms with Gasteiger partial charge in [-0.15, -0.1) is 0 Å². The minimum Gasteiger partial charge on any atom is -0.340 e. The zero-order chi connectivity index (χ0) is 11.0. The molecule has 1 heterocycles. The van der Waals surface area contributed by atoms with Crippen LogP contribution in [-0.4, -0.2) is 6.54 Å². The van der Waals surface area contributed by atoms with Gasteiger partial charge < -0.3 is 4.90 Å². The van der Waals surface area contributed by atoms with E-state index in [-0.39, 0.29) is 0 Å². The molecule has 2 aliphatic rings. The Morgan fingerprint density at radius 2 is 1.88 bits per heavy atom. The van der Waals surface area contributed by atoms with Gasteiger partial charge in [-0.1, -0.05) is 35.9 Å². The molecule has 82 valence electrons. The number of halogens is 1. The molecule has 0 radical (unpaired) electrons. The highest BCUT2D eigenvalue weighted by Crippen LogP contribution is 2.43. The Labute approximate surface area is 101 Å². The fourth-order valence-electron chi connectivity index (χ4n) is 2.20. The Bertz CT molecular complexity index is 443. The van der Waals surface area contributed by atoms with Crippen LogP contribution in [0.25, 0.3) is 0 Å². The zero-order valence-electron chi connectivity index (χ0n) is 9.07. The first-order valence-electron chi connectivity index (χ1n) is 5.75. The molecule has 0 amide bonds. The molecule has 0 bridgehead atoms. The van der Waals surface area contributed by atoms with Crippen LogP contribution < -0.4 is 4.90 Å². The summed E-state index contributed by atoms with van der Waals surface area (Å²) in [5.41, 5.74) is 2.56. The SMILES string of the molecule is ClC1=C(C2CC2)N(c2ccccc2)CC=C1. The quantitative estimate of drug-likeness (QED) is 0.746. The summed E-state index contributed by atoms with van der Waals surface area (Å²) in [6.45, 7) is 0.937. The summed E-state index contributed by atoms with van der Waals surface area (Å²) in [6.07, 6.45) is 6.72. The molecule has 1 aromatic carbocycles. The Morgan fingerprint density at radius 1 is 1.12 bits per heavy atom. The van der Waals surface area contributed by atoms with Crippen LogP contribution in [0.3, 0.4) is 0 Å². The third kappa shape index (κ3) is 1.76. The summed E-state index contributed by atoms with van der Waals surface area (Å²) in [5, 5.41) is 0.914. The van der Waals surface area contributed by atoms with Crippen molar-refractivity contribution in [2.75, 3.05) is 11.4 Å². The Hall–Kier alpha value is -1.21. The molecule has 0 aromatic heterocycles. The van der Waals surface area contributed by atoms with E-state index in [0.717, 1.165) is 11.6 Å². The van der Waals surface area contributed by atoms with Gasteiger partial charge in [0.15, 0.2) is 0 Å². The van der Waals surface area contributed by atoms with Gasteiger partial charge in [-0.05, 0) is 31.1 Å². The number of anilines is 1. The topological polar surface area (TPSA) is 3.24 Å². The minimum absolute atomic E-state index is 0.678. The molecule has 0 atom stereocenters. The van der Waals surface area contributed by atoms with Gasteiger partial charge in [0.25, 0.3) is 0 Å². The second-order valence-electron chi connectivity index (χ2n) is 4.36. The zero-order valence-corrected chi connectivity index (χ0v) is 9.82. The number of hydrogen-bond donors (Lipinski definition) is 0. The average Bonchev–Trinajstić information content (AvgIpc) is 3.14. The normalized spacial score (nSPS) is 20.4. The van der Waals surface area contributed by atoms with Gasteiger partial charge >= 0.3 is 0 Å². The summed E-state index contributed by atoms with van der Waals surface area (Å²) >= 11 is 6.31. The van der Waals surface area contributed by atoms with E-state index in [1.807, 2.05) is 12.1 Å². The third-order valence-corrected chi connectivity index (χ3v) is 3.44. The molecule has 0 spiro atoms. The standard InChI is InChI=1S/C14H14ClN/c15-13-7-4-10-16(14(13)11-8-9-11)12-5-2-1-3-6-12/h1-7,11H,8-10H2. The van der Waals surface area contributed by atoms with Crippen molar-refractivity contribution < 1.29 is 0 Å². The highest BCUT2D eigenvalue weighted by molar-refractivity contribution is 6.32. The number of rotatable bonds is 2. The van der Waals surface area contributed by atoms with Crippen LogP contribution in [0.4, 0.5) is 5.69 Å². The van der Waals surface area contributed by atoms with E-state index in [9.17, 15) is 0 Å². The van der Waals surface area contributed by atoms with Gasteiger partial charge in [0, 0.05) is 23.8 Å². The Balaban J connectivity index is 1.99. The highest BCUT2D eigenvalue weighted by Gasteiger charge is 2.32. The molecule has 0 saturated heterocycles. The van der Waals surface area contributed by atoms with E-state index < -0.39 is 0 Å². The maximum atomic E-state index is 6.31. The number of nitrogens with zero attached hydrogens (tertiary/aromatic N) is 1. The lowest BCUT2D eigenvalue weighted by Gasteiger charge is -2.29. The molecule has 1 aliphatic heterocycles. The molecule has 0 unspecified atom stereocenters. The lowest BCUT2D eigenvalue weighted by atomic mass is 10.1. The molecule has 1 aromatic rings. The number of allylic oxidation sites excluding steroid dienone is 3. The van der Waals surface area contributed by atoms with E-state index in [2.05, 4.69) is 35.2 Å². The van der Waals surface area contributed by atoms with E-state index in [1.54, 1.807) is 0 Å². The molecule has 1 aliphatic carbocycles. The maximum absolute atomic E-state index is 6.31. The number of hydrogen-bond acceptors (Lipinski definition) is 1. The van der Waals surface area contributed by atoms with Crippen molar-refractivity contribution in [3.63, 3.8) is 0 Å². The molecular formula is C14H14ClN.